The van der Waals surface area contributed by atoms with Gasteiger partial charge < -0.3 is 10.6 Å². The molecule has 2 bridgehead atoms. The van der Waals surface area contributed by atoms with Crippen molar-refractivity contribution in [2.75, 3.05) is 6.54 Å². The molecule has 2 aromatic rings. The highest BCUT2D eigenvalue weighted by Crippen LogP contribution is 2.32. The highest BCUT2D eigenvalue weighted by Gasteiger charge is 2.40. The van der Waals surface area contributed by atoms with E-state index in [0.29, 0.717) is 23.0 Å². The van der Waals surface area contributed by atoms with Crippen LogP contribution in [0.15, 0.2) is 30.5 Å². The number of amides is 1. The first-order chi connectivity index (χ1) is 10.7. The van der Waals surface area contributed by atoms with E-state index in [9.17, 15) is 4.79 Å². The molecule has 2 aliphatic rings. The van der Waals surface area contributed by atoms with E-state index in [1.165, 1.54) is 23.3 Å². The third kappa shape index (κ3) is 2.55. The summed E-state index contributed by atoms with van der Waals surface area (Å²) < 4.78 is 0. The fourth-order valence-electron chi connectivity index (χ4n) is 3.47. The topological polar surface area (TPSA) is 54.0 Å². The number of aromatic nitrogens is 1. The van der Waals surface area contributed by atoms with Crippen LogP contribution >= 0.6 is 11.3 Å². The Hall–Kier alpha value is -1.72. The Kier molecular flexibility index (Phi) is 3.47. The number of thiazole rings is 1. The lowest BCUT2D eigenvalue weighted by atomic mass is 10.0. The van der Waals surface area contributed by atoms with Crippen LogP contribution in [0, 0.1) is 12.8 Å². The maximum atomic E-state index is 12.4. The van der Waals surface area contributed by atoms with Crippen LogP contribution in [0.5, 0.6) is 0 Å². The summed E-state index contributed by atoms with van der Waals surface area (Å²) in [7, 11) is 0. The molecule has 0 radical (unpaired) electrons. The molecule has 1 aromatic carbocycles. The minimum Gasteiger partial charge on any atom is -0.347 e. The molecular formula is C17H19N3OS. The van der Waals surface area contributed by atoms with E-state index in [0.717, 1.165) is 23.4 Å². The third-order valence-corrected chi connectivity index (χ3v) is 5.76. The van der Waals surface area contributed by atoms with Gasteiger partial charge in [-0.1, -0.05) is 29.8 Å². The molecule has 2 N–H and O–H groups in total. The van der Waals surface area contributed by atoms with Crippen molar-refractivity contribution in [1.29, 1.82) is 0 Å². The zero-order valence-corrected chi connectivity index (χ0v) is 13.3. The molecule has 114 valence electrons. The minimum atomic E-state index is -0.0269. The second-order valence-corrected chi connectivity index (χ2v) is 7.34. The van der Waals surface area contributed by atoms with Gasteiger partial charge in [-0.2, -0.15) is 0 Å². The first-order valence-corrected chi connectivity index (χ1v) is 8.58. The fourth-order valence-corrected chi connectivity index (χ4v) is 4.30. The van der Waals surface area contributed by atoms with Crippen molar-refractivity contribution >= 4 is 17.2 Å². The Morgan fingerprint density at radius 3 is 2.82 bits per heavy atom. The van der Waals surface area contributed by atoms with Gasteiger partial charge in [0.1, 0.15) is 0 Å². The van der Waals surface area contributed by atoms with Crippen LogP contribution in [0.2, 0.25) is 0 Å². The highest BCUT2D eigenvalue weighted by atomic mass is 32.1. The van der Waals surface area contributed by atoms with E-state index in [2.05, 4.69) is 46.8 Å². The van der Waals surface area contributed by atoms with Gasteiger partial charge in [-0.25, -0.2) is 4.98 Å². The molecule has 1 aliphatic carbocycles. The van der Waals surface area contributed by atoms with Gasteiger partial charge >= 0.3 is 0 Å². The Morgan fingerprint density at radius 2 is 2.14 bits per heavy atom. The summed E-state index contributed by atoms with van der Waals surface area (Å²) in [5.74, 6) is 0.561. The SMILES string of the molecule is Cc1ccc(-c2cnc(C(=O)NC3CC4CC3CN4)s2)cc1. The predicted molar refractivity (Wildman–Crippen MR) is 88.1 cm³/mol. The molecule has 5 heteroatoms. The molecule has 0 spiro atoms. The minimum absolute atomic E-state index is 0.0269. The molecule has 2 fully saturated rings. The standard InChI is InChI=1S/C17H19N3OS/c1-10-2-4-11(5-3-10)15-9-19-17(22-15)16(21)20-14-7-13-6-12(14)8-18-13/h2-5,9,12-14,18H,6-8H2,1H3,(H,20,21). The fraction of sp³-hybridized carbons (Fsp3) is 0.412. The van der Waals surface area contributed by atoms with Crippen molar-refractivity contribution in [3.8, 4) is 10.4 Å². The van der Waals surface area contributed by atoms with Crippen LogP contribution in [0.3, 0.4) is 0 Å². The number of hydrogen-bond acceptors (Lipinski definition) is 4. The number of hydrogen-bond donors (Lipinski definition) is 2. The maximum absolute atomic E-state index is 12.4. The summed E-state index contributed by atoms with van der Waals surface area (Å²) in [4.78, 5) is 17.7. The molecule has 1 aromatic heterocycles. The van der Waals surface area contributed by atoms with Gasteiger partial charge in [-0.05, 0) is 31.2 Å². The predicted octanol–water partition coefficient (Wildman–Crippen LogP) is 2.60. The lowest BCUT2D eigenvalue weighted by molar-refractivity contribution is 0.0924. The first-order valence-electron chi connectivity index (χ1n) is 7.76. The second kappa shape index (κ2) is 5.48. The number of rotatable bonds is 3. The Bertz CT molecular complexity index is 694. The third-order valence-electron chi connectivity index (χ3n) is 4.72. The van der Waals surface area contributed by atoms with Crippen LogP contribution in [-0.2, 0) is 0 Å². The number of nitrogens with one attached hydrogen (secondary N) is 2. The van der Waals surface area contributed by atoms with Crippen molar-refractivity contribution in [1.82, 2.24) is 15.6 Å². The zero-order chi connectivity index (χ0) is 15.1. The van der Waals surface area contributed by atoms with Crippen molar-refractivity contribution in [3.63, 3.8) is 0 Å². The molecule has 22 heavy (non-hydrogen) atoms. The maximum Gasteiger partial charge on any atom is 0.280 e. The highest BCUT2D eigenvalue weighted by molar-refractivity contribution is 7.16. The molecule has 1 aliphatic heterocycles. The summed E-state index contributed by atoms with van der Waals surface area (Å²) in [6.07, 6.45) is 4.04. The summed E-state index contributed by atoms with van der Waals surface area (Å²) in [5.41, 5.74) is 2.35. The number of fused-ring (bicyclic) bond motifs is 2. The molecule has 1 saturated carbocycles. The van der Waals surface area contributed by atoms with Crippen LogP contribution in [0.25, 0.3) is 10.4 Å². The summed E-state index contributed by atoms with van der Waals surface area (Å²) >= 11 is 1.46. The average Bonchev–Trinajstić information content (AvgIpc) is 3.24. The molecule has 1 saturated heterocycles. The molecule has 3 atom stereocenters. The number of piperidine rings is 1. The molecule has 4 nitrogen and oxygen atoms in total. The summed E-state index contributed by atoms with van der Waals surface area (Å²) in [5, 5.41) is 7.20. The smallest absolute Gasteiger partial charge is 0.280 e. The van der Waals surface area contributed by atoms with Crippen molar-refractivity contribution in [2.45, 2.75) is 31.8 Å². The molecule has 4 rings (SSSR count). The summed E-state index contributed by atoms with van der Waals surface area (Å²) in [6.45, 7) is 3.10. The van der Waals surface area contributed by atoms with Gasteiger partial charge in [-0.3, -0.25) is 4.79 Å². The van der Waals surface area contributed by atoms with Crippen LogP contribution in [0.4, 0.5) is 0 Å². The van der Waals surface area contributed by atoms with E-state index in [1.54, 1.807) is 6.20 Å². The van der Waals surface area contributed by atoms with Gasteiger partial charge in [-0.15, -0.1) is 11.3 Å². The van der Waals surface area contributed by atoms with Gasteiger partial charge in [0.15, 0.2) is 5.01 Å². The Balaban J connectivity index is 1.46. The van der Waals surface area contributed by atoms with E-state index < -0.39 is 0 Å². The van der Waals surface area contributed by atoms with Crippen LogP contribution in [0.1, 0.15) is 28.2 Å². The van der Waals surface area contributed by atoms with E-state index in [1.807, 2.05) is 0 Å². The number of carbonyl (C=O) groups is 1. The Labute approximate surface area is 134 Å². The summed E-state index contributed by atoms with van der Waals surface area (Å²) in [6, 6.07) is 9.21. The van der Waals surface area contributed by atoms with E-state index >= 15 is 0 Å². The van der Waals surface area contributed by atoms with Crippen molar-refractivity contribution < 1.29 is 4.79 Å². The zero-order valence-electron chi connectivity index (χ0n) is 12.5. The van der Waals surface area contributed by atoms with E-state index in [-0.39, 0.29) is 5.91 Å². The molecule has 1 amide bonds. The van der Waals surface area contributed by atoms with Crippen LogP contribution < -0.4 is 10.6 Å². The largest absolute Gasteiger partial charge is 0.347 e. The number of carbonyl (C=O) groups excluding carboxylic acids is 1. The average molecular weight is 313 g/mol. The Morgan fingerprint density at radius 1 is 1.32 bits per heavy atom. The number of benzene rings is 1. The monoisotopic (exact) mass is 313 g/mol. The van der Waals surface area contributed by atoms with Gasteiger partial charge in [0.05, 0.1) is 4.88 Å². The van der Waals surface area contributed by atoms with Gasteiger partial charge in [0, 0.05) is 24.8 Å². The number of nitrogens with zero attached hydrogens (tertiary/aromatic N) is 1. The van der Waals surface area contributed by atoms with Gasteiger partial charge in [0.25, 0.3) is 5.91 Å². The second-order valence-electron chi connectivity index (χ2n) is 6.31. The van der Waals surface area contributed by atoms with Crippen molar-refractivity contribution in [3.05, 3.63) is 41.0 Å². The first kappa shape index (κ1) is 13.9. The quantitative estimate of drug-likeness (QED) is 0.916. The normalized spacial score (nSPS) is 26.3. The lowest BCUT2D eigenvalue weighted by Gasteiger charge is -2.22. The van der Waals surface area contributed by atoms with Gasteiger partial charge in [0.2, 0.25) is 0 Å². The number of aryl methyl sites for hydroxylation is 1. The lowest BCUT2D eigenvalue weighted by Crippen LogP contribution is -2.44. The molecule has 2 heterocycles. The molecule has 3 unspecified atom stereocenters. The van der Waals surface area contributed by atoms with Crippen LogP contribution in [-0.4, -0.2) is 29.5 Å². The molecular weight excluding hydrogens is 294 g/mol. The van der Waals surface area contributed by atoms with E-state index in [4.69, 9.17) is 0 Å². The van der Waals surface area contributed by atoms with Crippen molar-refractivity contribution in [2.24, 2.45) is 5.92 Å².